The Bertz CT molecular complexity index is 707. The Morgan fingerprint density at radius 3 is 2.95 bits per heavy atom. The molecule has 0 unspecified atom stereocenters. The molecular formula is C14H16ClN3O3S. The maximum Gasteiger partial charge on any atom is 0.325 e. The van der Waals surface area contributed by atoms with Gasteiger partial charge in [-0.15, -0.1) is 11.3 Å². The molecule has 0 aliphatic rings. The van der Waals surface area contributed by atoms with Gasteiger partial charge in [0.05, 0.1) is 12.3 Å². The second-order valence-electron chi connectivity index (χ2n) is 4.33. The van der Waals surface area contributed by atoms with Crippen LogP contribution in [0, 0.1) is 0 Å². The van der Waals surface area contributed by atoms with Crippen molar-refractivity contribution in [3.63, 3.8) is 0 Å². The van der Waals surface area contributed by atoms with E-state index in [0.717, 1.165) is 4.96 Å². The second kappa shape index (κ2) is 7.42. The highest BCUT2D eigenvalue weighted by Gasteiger charge is 2.15. The molecule has 0 aromatic carbocycles. The van der Waals surface area contributed by atoms with Crippen molar-refractivity contribution in [2.75, 3.05) is 19.7 Å². The molecule has 0 fully saturated rings. The minimum absolute atomic E-state index is 0.0679. The van der Waals surface area contributed by atoms with Crippen LogP contribution in [0.15, 0.2) is 17.7 Å². The summed E-state index contributed by atoms with van der Waals surface area (Å²) in [5, 5.41) is 2.22. The smallest absolute Gasteiger partial charge is 0.325 e. The lowest BCUT2D eigenvalue weighted by Gasteiger charge is -2.17. The van der Waals surface area contributed by atoms with Gasteiger partial charge in [0, 0.05) is 24.2 Å². The quantitative estimate of drug-likeness (QED) is 0.598. The zero-order valence-corrected chi connectivity index (χ0v) is 13.9. The summed E-state index contributed by atoms with van der Waals surface area (Å²) in [6.45, 7) is 4.16. The number of amides is 1. The number of rotatable bonds is 6. The Hall–Kier alpha value is -1.86. The average molecular weight is 342 g/mol. The Balaban J connectivity index is 2.10. The van der Waals surface area contributed by atoms with Crippen molar-refractivity contribution < 1.29 is 14.3 Å². The van der Waals surface area contributed by atoms with Gasteiger partial charge in [-0.2, -0.15) is 0 Å². The van der Waals surface area contributed by atoms with E-state index in [-0.39, 0.29) is 12.5 Å². The number of fused-ring (bicyclic) bond motifs is 1. The number of hydrogen-bond acceptors (Lipinski definition) is 5. The topological polar surface area (TPSA) is 63.9 Å². The van der Waals surface area contributed by atoms with Crippen LogP contribution in [0.2, 0.25) is 5.15 Å². The lowest BCUT2D eigenvalue weighted by Crippen LogP contribution is -2.35. The van der Waals surface area contributed by atoms with Crippen LogP contribution in [0.25, 0.3) is 11.0 Å². The molecule has 2 aromatic rings. The predicted molar refractivity (Wildman–Crippen MR) is 86.0 cm³/mol. The molecule has 0 atom stereocenters. The highest BCUT2D eigenvalue weighted by molar-refractivity contribution is 7.15. The number of imidazole rings is 1. The van der Waals surface area contributed by atoms with Gasteiger partial charge in [0.2, 0.25) is 5.91 Å². The highest BCUT2D eigenvalue weighted by Crippen LogP contribution is 2.22. The van der Waals surface area contributed by atoms with Crippen LogP contribution in [-0.2, 0) is 14.3 Å². The summed E-state index contributed by atoms with van der Waals surface area (Å²) in [7, 11) is 0. The molecule has 0 aliphatic carbocycles. The standard InChI is InChI=1S/C14H16ClN3O3S/c1-3-17(9-12(20)21-4-2)11(19)6-5-10-13(15)16-14-18(10)7-8-22-14/h5-8H,3-4,9H2,1-2H3. The highest BCUT2D eigenvalue weighted by atomic mass is 35.5. The number of carbonyl (C=O) groups excluding carboxylic acids is 2. The van der Waals surface area contributed by atoms with Crippen molar-refractivity contribution in [1.29, 1.82) is 0 Å². The van der Waals surface area contributed by atoms with Crippen molar-refractivity contribution in [2.24, 2.45) is 0 Å². The van der Waals surface area contributed by atoms with Crippen LogP contribution in [0.1, 0.15) is 19.5 Å². The summed E-state index contributed by atoms with van der Waals surface area (Å²) in [6.07, 6.45) is 4.82. The maximum absolute atomic E-state index is 12.2. The summed E-state index contributed by atoms with van der Waals surface area (Å²) in [4.78, 5) is 30.0. The molecule has 8 heteroatoms. The molecule has 0 bridgehead atoms. The number of likely N-dealkylation sites (N-methyl/N-ethyl adjacent to an activating group) is 1. The number of nitrogens with zero attached hydrogens (tertiary/aromatic N) is 3. The Labute approximate surface area is 137 Å². The molecule has 0 N–H and O–H groups in total. The molecule has 118 valence electrons. The van der Waals surface area contributed by atoms with Crippen molar-refractivity contribution in [3.05, 3.63) is 28.5 Å². The molecule has 0 spiro atoms. The fraction of sp³-hybridized carbons (Fsp3) is 0.357. The molecule has 0 aliphatic heterocycles. The summed E-state index contributed by atoms with van der Waals surface area (Å²) >= 11 is 7.51. The summed E-state index contributed by atoms with van der Waals surface area (Å²) in [5.41, 5.74) is 0.637. The van der Waals surface area contributed by atoms with E-state index in [4.69, 9.17) is 16.3 Å². The molecule has 22 heavy (non-hydrogen) atoms. The van der Waals surface area contributed by atoms with E-state index in [9.17, 15) is 9.59 Å². The van der Waals surface area contributed by atoms with E-state index in [2.05, 4.69) is 4.98 Å². The minimum Gasteiger partial charge on any atom is -0.465 e. The molecule has 0 saturated carbocycles. The van der Waals surface area contributed by atoms with Gasteiger partial charge in [0.25, 0.3) is 0 Å². The van der Waals surface area contributed by atoms with Crippen molar-refractivity contribution in [1.82, 2.24) is 14.3 Å². The third kappa shape index (κ3) is 3.66. The predicted octanol–water partition coefficient (Wildman–Crippen LogP) is 2.47. The van der Waals surface area contributed by atoms with Crippen LogP contribution in [0.4, 0.5) is 0 Å². The second-order valence-corrected chi connectivity index (χ2v) is 5.57. The molecule has 0 radical (unpaired) electrons. The lowest BCUT2D eigenvalue weighted by atomic mass is 10.3. The molecule has 2 aromatic heterocycles. The van der Waals surface area contributed by atoms with Crippen LogP contribution in [-0.4, -0.2) is 45.9 Å². The monoisotopic (exact) mass is 341 g/mol. The van der Waals surface area contributed by atoms with Gasteiger partial charge < -0.3 is 9.64 Å². The molecule has 1 amide bonds. The number of halogens is 1. The number of hydrogen-bond donors (Lipinski definition) is 0. The Kier molecular flexibility index (Phi) is 5.57. The number of aromatic nitrogens is 2. The van der Waals surface area contributed by atoms with Crippen molar-refractivity contribution in [2.45, 2.75) is 13.8 Å². The lowest BCUT2D eigenvalue weighted by molar-refractivity contribution is -0.147. The first-order chi connectivity index (χ1) is 10.6. The number of ether oxygens (including phenoxy) is 1. The SMILES string of the molecule is CCOC(=O)CN(CC)C(=O)C=Cc1c(Cl)nc2sccn12. The Morgan fingerprint density at radius 1 is 1.50 bits per heavy atom. The maximum atomic E-state index is 12.2. The van der Waals surface area contributed by atoms with Gasteiger partial charge in [0.1, 0.15) is 6.54 Å². The summed E-state index contributed by atoms with van der Waals surface area (Å²) in [6, 6.07) is 0. The van der Waals surface area contributed by atoms with Crippen LogP contribution >= 0.6 is 22.9 Å². The summed E-state index contributed by atoms with van der Waals surface area (Å²) < 4.78 is 6.65. The van der Waals surface area contributed by atoms with Crippen LogP contribution in [0.3, 0.4) is 0 Å². The van der Waals surface area contributed by atoms with Crippen molar-refractivity contribution in [3.8, 4) is 0 Å². The largest absolute Gasteiger partial charge is 0.465 e. The molecule has 6 nitrogen and oxygen atoms in total. The first kappa shape index (κ1) is 16.5. The van der Waals surface area contributed by atoms with E-state index < -0.39 is 5.97 Å². The van der Waals surface area contributed by atoms with Crippen LogP contribution in [0.5, 0.6) is 0 Å². The van der Waals surface area contributed by atoms with E-state index >= 15 is 0 Å². The minimum atomic E-state index is -0.422. The zero-order chi connectivity index (χ0) is 16.1. The van der Waals surface area contributed by atoms with Gasteiger partial charge in [0.15, 0.2) is 10.1 Å². The van der Waals surface area contributed by atoms with Gasteiger partial charge in [-0.25, -0.2) is 4.98 Å². The number of esters is 1. The first-order valence-electron chi connectivity index (χ1n) is 6.80. The van der Waals surface area contributed by atoms with Crippen molar-refractivity contribution >= 4 is 45.9 Å². The van der Waals surface area contributed by atoms with Gasteiger partial charge in [-0.1, -0.05) is 11.6 Å². The third-order valence-electron chi connectivity index (χ3n) is 2.96. The fourth-order valence-corrected chi connectivity index (χ4v) is 2.89. The van der Waals surface area contributed by atoms with E-state index in [1.807, 2.05) is 11.6 Å². The molecule has 2 rings (SSSR count). The fourth-order valence-electron chi connectivity index (χ4n) is 1.89. The first-order valence-corrected chi connectivity index (χ1v) is 8.06. The van der Waals surface area contributed by atoms with Gasteiger partial charge >= 0.3 is 5.97 Å². The normalized spacial score (nSPS) is 11.2. The number of thiazole rings is 1. The summed E-state index contributed by atoms with van der Waals surface area (Å²) in [5.74, 6) is -0.703. The van der Waals surface area contributed by atoms with E-state index in [0.29, 0.717) is 24.0 Å². The van der Waals surface area contributed by atoms with E-state index in [1.165, 1.54) is 22.3 Å². The number of carbonyl (C=O) groups is 2. The van der Waals surface area contributed by atoms with Gasteiger partial charge in [-0.3, -0.25) is 14.0 Å². The van der Waals surface area contributed by atoms with Gasteiger partial charge in [-0.05, 0) is 19.9 Å². The Morgan fingerprint density at radius 2 is 2.27 bits per heavy atom. The third-order valence-corrected chi connectivity index (χ3v) is 3.99. The average Bonchev–Trinajstić information content (AvgIpc) is 3.03. The van der Waals surface area contributed by atoms with Crippen LogP contribution < -0.4 is 0 Å². The molecule has 2 heterocycles. The molecule has 0 saturated heterocycles. The molecular weight excluding hydrogens is 326 g/mol. The van der Waals surface area contributed by atoms with E-state index in [1.54, 1.807) is 24.3 Å². The zero-order valence-electron chi connectivity index (χ0n) is 12.3.